The molecule has 0 heterocycles. The van der Waals surface area contributed by atoms with Crippen molar-refractivity contribution in [3.05, 3.63) is 35.9 Å². The van der Waals surface area contributed by atoms with Crippen molar-refractivity contribution in [1.29, 1.82) is 0 Å². The number of guanidine groups is 2. The van der Waals surface area contributed by atoms with Crippen LogP contribution in [-0.4, -0.2) is 108 Å². The highest BCUT2D eigenvalue weighted by molar-refractivity contribution is 5.95. The van der Waals surface area contributed by atoms with E-state index in [1.165, 1.54) is 0 Å². The van der Waals surface area contributed by atoms with Gasteiger partial charge in [0.2, 0.25) is 29.5 Å². The van der Waals surface area contributed by atoms with Gasteiger partial charge in [-0.2, -0.15) is 0 Å². The lowest BCUT2D eigenvalue weighted by molar-refractivity contribution is -0.142. The van der Waals surface area contributed by atoms with E-state index in [1.807, 2.05) is 0 Å². The second kappa shape index (κ2) is 22.1. The molecule has 5 atom stereocenters. The zero-order valence-electron chi connectivity index (χ0n) is 27.0. The van der Waals surface area contributed by atoms with Gasteiger partial charge < -0.3 is 65.9 Å². The number of carbonyl (C=O) groups excluding carboxylic acids is 5. The van der Waals surface area contributed by atoms with Gasteiger partial charge in [-0.3, -0.25) is 34.0 Å². The van der Waals surface area contributed by atoms with Crippen LogP contribution in [-0.2, 0) is 35.2 Å². The molecular weight excluding hydrogens is 644 g/mol. The van der Waals surface area contributed by atoms with Gasteiger partial charge in [-0.15, -0.1) is 0 Å². The Labute approximate surface area is 282 Å². The molecule has 18 N–H and O–H groups in total. The first-order valence-corrected chi connectivity index (χ1v) is 15.4. The highest BCUT2D eigenvalue weighted by Gasteiger charge is 2.31. The number of amides is 5. The number of aliphatic imine (C=N–C) groups is 2. The van der Waals surface area contributed by atoms with E-state index < -0.39 is 72.3 Å². The summed E-state index contributed by atoms with van der Waals surface area (Å²) >= 11 is 0. The Morgan fingerprint density at radius 3 is 1.63 bits per heavy atom. The summed E-state index contributed by atoms with van der Waals surface area (Å²) in [5, 5.41) is 29.2. The van der Waals surface area contributed by atoms with Gasteiger partial charge in [0.25, 0.3) is 0 Å². The van der Waals surface area contributed by atoms with Crippen LogP contribution >= 0.6 is 0 Å². The van der Waals surface area contributed by atoms with Crippen molar-refractivity contribution >= 4 is 47.4 Å². The van der Waals surface area contributed by atoms with Crippen molar-refractivity contribution in [3.8, 4) is 0 Å². The highest BCUT2D eigenvalue weighted by atomic mass is 16.4. The van der Waals surface area contributed by atoms with Gasteiger partial charge in [0.15, 0.2) is 11.9 Å². The molecule has 0 fully saturated rings. The summed E-state index contributed by atoms with van der Waals surface area (Å²) in [7, 11) is 0. The number of nitrogens with one attached hydrogen (secondary N) is 4. The Hall–Kier alpha value is -5.50. The van der Waals surface area contributed by atoms with Crippen molar-refractivity contribution in [3.63, 3.8) is 0 Å². The Kier molecular flexibility index (Phi) is 18.8. The number of benzene rings is 1. The van der Waals surface area contributed by atoms with E-state index in [4.69, 9.17) is 34.4 Å². The largest absolute Gasteiger partial charge is 0.480 e. The maximum Gasteiger partial charge on any atom is 0.326 e. The van der Waals surface area contributed by atoms with E-state index in [9.17, 15) is 39.0 Å². The summed E-state index contributed by atoms with van der Waals surface area (Å²) in [6.07, 6.45) is 0.0683. The first-order chi connectivity index (χ1) is 23.1. The van der Waals surface area contributed by atoms with Gasteiger partial charge in [-0.25, -0.2) is 4.79 Å². The normalized spacial score (nSPS) is 13.7. The van der Waals surface area contributed by atoms with Gasteiger partial charge in [-0.1, -0.05) is 30.3 Å². The molecule has 0 aliphatic rings. The molecule has 0 bridgehead atoms. The summed E-state index contributed by atoms with van der Waals surface area (Å²) in [6, 6.07) is 1.80. The van der Waals surface area contributed by atoms with Crippen molar-refractivity contribution in [2.45, 2.75) is 75.2 Å². The van der Waals surface area contributed by atoms with Gasteiger partial charge in [0.05, 0.1) is 12.6 Å². The minimum Gasteiger partial charge on any atom is -0.480 e. The topological polar surface area (TPSA) is 372 Å². The molecule has 272 valence electrons. The van der Waals surface area contributed by atoms with E-state index in [-0.39, 0.29) is 70.0 Å². The van der Waals surface area contributed by atoms with E-state index >= 15 is 0 Å². The number of nitrogens with zero attached hydrogens (tertiary/aromatic N) is 2. The number of hydrogen-bond acceptors (Lipinski definition) is 10. The Morgan fingerprint density at radius 2 is 1.12 bits per heavy atom. The van der Waals surface area contributed by atoms with E-state index in [0.717, 1.165) is 0 Å². The number of aliphatic hydroxyl groups is 1. The number of aliphatic hydroxyl groups excluding tert-OH is 1. The van der Waals surface area contributed by atoms with E-state index in [0.29, 0.717) is 5.56 Å². The Bertz CT molecular complexity index is 1320. The predicted octanol–water partition coefficient (Wildman–Crippen LogP) is -5.05. The molecule has 1 aromatic rings. The molecule has 0 aliphatic carbocycles. The molecule has 20 nitrogen and oxygen atoms in total. The quantitative estimate of drug-likeness (QED) is 0.0290. The van der Waals surface area contributed by atoms with Crippen LogP contribution in [0.2, 0.25) is 0 Å². The maximum atomic E-state index is 13.6. The van der Waals surface area contributed by atoms with Crippen LogP contribution < -0.4 is 55.7 Å². The lowest BCUT2D eigenvalue weighted by atomic mass is 10.0. The number of nitrogens with two attached hydrogens (primary N) is 6. The summed E-state index contributed by atoms with van der Waals surface area (Å²) in [4.78, 5) is 83.3. The first kappa shape index (κ1) is 41.5. The fraction of sp³-hybridized carbons (Fsp3) is 0.517. The standard InChI is InChI=1S/C29H48N12O8/c30-17(10-11-22(31)43)23(44)38-18(8-4-12-36-28(32)33)24(45)40-20(14-16-6-2-1-3-7-16)25(46)41-21(15-42)26(47)39-19(27(48)49)9-5-13-37-29(34)35/h1-3,6-7,17-21,42H,4-5,8-15,30H2,(H2,31,43)(H,38,44)(H,39,47)(H,40,45)(H,41,46)(H,48,49)(H4,32,33,36)(H4,34,35,37)/t17-,18?,19-,20-,21-/m0/s1. The van der Waals surface area contributed by atoms with Crippen LogP contribution in [0.3, 0.4) is 0 Å². The van der Waals surface area contributed by atoms with Gasteiger partial charge in [0.1, 0.15) is 24.2 Å². The number of carboxylic acid groups (broad SMARTS) is 1. The number of carbonyl (C=O) groups is 6. The van der Waals surface area contributed by atoms with E-state index in [2.05, 4.69) is 31.3 Å². The number of rotatable bonds is 23. The first-order valence-electron chi connectivity index (χ1n) is 15.4. The van der Waals surface area contributed by atoms with Crippen LogP contribution in [0.4, 0.5) is 0 Å². The molecule has 0 aliphatic heterocycles. The molecule has 0 aromatic heterocycles. The smallest absolute Gasteiger partial charge is 0.326 e. The summed E-state index contributed by atoms with van der Waals surface area (Å²) in [5.74, 6) is -5.83. The molecule has 0 radical (unpaired) electrons. The minimum atomic E-state index is -1.60. The average Bonchev–Trinajstić information content (AvgIpc) is 3.04. The van der Waals surface area contributed by atoms with Crippen LogP contribution in [0, 0.1) is 0 Å². The third-order valence-corrected chi connectivity index (χ3v) is 6.91. The third-order valence-electron chi connectivity index (χ3n) is 6.91. The lowest BCUT2D eigenvalue weighted by Crippen LogP contribution is -2.59. The van der Waals surface area contributed by atoms with Gasteiger partial charge in [0, 0.05) is 25.9 Å². The number of hydrogen-bond donors (Lipinski definition) is 12. The number of aliphatic carboxylic acids is 1. The Balaban J connectivity index is 3.18. The molecule has 0 saturated heterocycles. The summed E-state index contributed by atoms with van der Waals surface area (Å²) < 4.78 is 0. The summed E-state index contributed by atoms with van der Waals surface area (Å²) in [6.45, 7) is -0.683. The van der Waals surface area contributed by atoms with Gasteiger partial charge >= 0.3 is 5.97 Å². The second-order valence-electron chi connectivity index (χ2n) is 11.0. The minimum absolute atomic E-state index is 0.0119. The Morgan fingerprint density at radius 1 is 0.653 bits per heavy atom. The van der Waals surface area contributed by atoms with Crippen LogP contribution in [0.25, 0.3) is 0 Å². The van der Waals surface area contributed by atoms with Crippen molar-refractivity contribution in [2.75, 3.05) is 19.7 Å². The molecule has 20 heteroatoms. The molecule has 1 aromatic carbocycles. The molecular formula is C29H48N12O8. The molecule has 1 rings (SSSR count). The van der Waals surface area contributed by atoms with Crippen molar-refractivity contribution in [2.24, 2.45) is 44.4 Å². The van der Waals surface area contributed by atoms with Crippen LogP contribution in [0.15, 0.2) is 40.3 Å². The molecule has 5 amide bonds. The zero-order chi connectivity index (χ0) is 36.9. The van der Waals surface area contributed by atoms with E-state index in [1.54, 1.807) is 30.3 Å². The average molecular weight is 693 g/mol. The fourth-order valence-corrected chi connectivity index (χ4v) is 4.31. The van der Waals surface area contributed by atoms with Crippen LogP contribution in [0.1, 0.15) is 44.1 Å². The number of primary amides is 1. The van der Waals surface area contributed by atoms with Crippen molar-refractivity contribution < 1.29 is 39.0 Å². The fourth-order valence-electron chi connectivity index (χ4n) is 4.31. The van der Waals surface area contributed by atoms with Crippen LogP contribution in [0.5, 0.6) is 0 Å². The third kappa shape index (κ3) is 17.3. The molecule has 0 saturated carbocycles. The second-order valence-corrected chi connectivity index (χ2v) is 11.0. The zero-order valence-corrected chi connectivity index (χ0v) is 27.0. The maximum absolute atomic E-state index is 13.6. The van der Waals surface area contributed by atoms with Crippen molar-refractivity contribution in [1.82, 2.24) is 21.3 Å². The summed E-state index contributed by atoms with van der Waals surface area (Å²) in [5.41, 5.74) is 32.9. The monoisotopic (exact) mass is 692 g/mol. The molecule has 49 heavy (non-hydrogen) atoms. The SMILES string of the molecule is NC(=O)CC[C@H](N)C(=O)NC(CCCN=C(N)N)C(=O)N[C@@H](Cc1ccccc1)C(=O)N[C@@H](CO)C(=O)N[C@@H](CCCN=C(N)N)C(=O)O. The lowest BCUT2D eigenvalue weighted by Gasteiger charge is -2.26. The van der Waals surface area contributed by atoms with Gasteiger partial charge in [-0.05, 0) is 37.7 Å². The molecule has 0 spiro atoms. The molecule has 1 unspecified atom stereocenters. The predicted molar refractivity (Wildman–Crippen MR) is 179 cm³/mol. The number of carboxylic acids is 1. The highest BCUT2D eigenvalue weighted by Crippen LogP contribution is 2.08.